The summed E-state index contributed by atoms with van der Waals surface area (Å²) < 4.78 is 32.8. The number of hydrogen-bond donors (Lipinski definition) is 1. The monoisotopic (exact) mass is 289 g/mol. The summed E-state index contributed by atoms with van der Waals surface area (Å²) in [6.45, 7) is 1.90. The van der Waals surface area contributed by atoms with Crippen molar-refractivity contribution in [1.29, 1.82) is 0 Å². The van der Waals surface area contributed by atoms with Crippen LogP contribution < -0.4 is 10.1 Å². The summed E-state index contributed by atoms with van der Waals surface area (Å²) in [6.07, 6.45) is 2.21. The van der Waals surface area contributed by atoms with E-state index in [-0.39, 0.29) is 0 Å². The quantitative estimate of drug-likeness (QED) is 0.804. The fraction of sp³-hybridized carbons (Fsp3) is 0.176. The molecule has 0 aliphatic rings. The van der Waals surface area contributed by atoms with Gasteiger partial charge in [-0.25, -0.2) is 0 Å². The Kier molecular flexibility index (Phi) is 4.58. The Hall–Kier alpha value is -2.36. The highest BCUT2D eigenvalue weighted by molar-refractivity contribution is 5.56. The van der Waals surface area contributed by atoms with Crippen molar-refractivity contribution < 1.29 is 13.5 Å². The lowest BCUT2D eigenvalue weighted by atomic mass is 10.1. The third-order valence-electron chi connectivity index (χ3n) is 3.00. The first-order valence-corrected chi connectivity index (χ1v) is 6.55. The molecule has 2 nitrogen and oxygen atoms in total. The second-order valence-electron chi connectivity index (χ2n) is 4.68. The molecular formula is C17H17F2NO. The zero-order valence-corrected chi connectivity index (χ0v) is 11.9. The molecule has 0 aliphatic carbocycles. The Morgan fingerprint density at radius 3 is 2.48 bits per heavy atom. The molecule has 0 atom stereocenters. The van der Waals surface area contributed by atoms with Crippen molar-refractivity contribution in [2.24, 2.45) is 0 Å². The number of anilines is 1. The van der Waals surface area contributed by atoms with E-state index >= 15 is 0 Å². The highest BCUT2D eigenvalue weighted by atomic mass is 19.3. The Morgan fingerprint density at radius 1 is 1.10 bits per heavy atom. The summed E-state index contributed by atoms with van der Waals surface area (Å²) >= 11 is 0. The van der Waals surface area contributed by atoms with Crippen LogP contribution in [0.15, 0.2) is 54.6 Å². The van der Waals surface area contributed by atoms with E-state index in [1.54, 1.807) is 49.6 Å². The summed E-state index contributed by atoms with van der Waals surface area (Å²) in [5.74, 6) is 0.677. The van der Waals surface area contributed by atoms with Crippen LogP contribution in [-0.2, 0) is 0 Å². The van der Waals surface area contributed by atoms with Gasteiger partial charge in [0.2, 0.25) is 0 Å². The maximum atomic E-state index is 13.8. The Balaban J connectivity index is 2.12. The molecule has 0 bridgehead atoms. The second kappa shape index (κ2) is 6.39. The number of alkyl halides is 2. The molecule has 0 heterocycles. The largest absolute Gasteiger partial charge is 0.496 e. The van der Waals surface area contributed by atoms with E-state index in [4.69, 9.17) is 4.74 Å². The number of rotatable bonds is 5. The average molecular weight is 289 g/mol. The van der Waals surface area contributed by atoms with Crippen molar-refractivity contribution in [2.75, 3.05) is 12.4 Å². The Morgan fingerprint density at radius 2 is 1.81 bits per heavy atom. The maximum Gasteiger partial charge on any atom is 0.343 e. The number of ether oxygens (including phenoxy) is 1. The third kappa shape index (κ3) is 4.31. The normalized spacial score (nSPS) is 11.6. The number of benzene rings is 2. The van der Waals surface area contributed by atoms with Gasteiger partial charge in [-0.2, -0.15) is 8.78 Å². The molecule has 0 aliphatic heterocycles. The van der Waals surface area contributed by atoms with Gasteiger partial charge in [-0.15, -0.1) is 0 Å². The molecule has 0 amide bonds. The second-order valence-corrected chi connectivity index (χ2v) is 4.68. The molecule has 0 spiro atoms. The molecule has 110 valence electrons. The van der Waals surface area contributed by atoms with Gasteiger partial charge in [-0.05, 0) is 36.2 Å². The van der Waals surface area contributed by atoms with E-state index in [2.05, 4.69) is 5.32 Å². The minimum atomic E-state index is -3.13. The lowest BCUT2D eigenvalue weighted by Crippen LogP contribution is -2.24. The molecule has 0 saturated carbocycles. The van der Waals surface area contributed by atoms with E-state index in [9.17, 15) is 8.78 Å². The molecule has 4 heteroatoms. The number of methoxy groups -OCH3 is 1. The van der Waals surface area contributed by atoms with Crippen molar-refractivity contribution in [3.05, 3.63) is 65.7 Å². The van der Waals surface area contributed by atoms with Crippen LogP contribution in [0.5, 0.6) is 5.75 Å². The van der Waals surface area contributed by atoms with Gasteiger partial charge < -0.3 is 10.1 Å². The number of halogens is 2. The van der Waals surface area contributed by atoms with Gasteiger partial charge >= 0.3 is 6.05 Å². The van der Waals surface area contributed by atoms with Crippen LogP contribution >= 0.6 is 0 Å². The smallest absolute Gasteiger partial charge is 0.343 e. The molecule has 2 aromatic rings. The van der Waals surface area contributed by atoms with Crippen molar-refractivity contribution in [3.63, 3.8) is 0 Å². The number of aryl methyl sites for hydroxylation is 1. The van der Waals surface area contributed by atoms with E-state index in [0.717, 1.165) is 11.6 Å². The minimum Gasteiger partial charge on any atom is -0.496 e. The third-order valence-corrected chi connectivity index (χ3v) is 3.00. The SMILES string of the molecule is COc1cc(/C=C/C(F)(F)Nc2ccccc2)ccc1C. The lowest BCUT2D eigenvalue weighted by molar-refractivity contribution is 0.0890. The predicted molar refractivity (Wildman–Crippen MR) is 81.8 cm³/mol. The molecular weight excluding hydrogens is 272 g/mol. The van der Waals surface area contributed by atoms with Crippen molar-refractivity contribution in [2.45, 2.75) is 13.0 Å². The van der Waals surface area contributed by atoms with Gasteiger partial charge in [0.05, 0.1) is 7.11 Å². The predicted octanol–water partition coefficient (Wildman–Crippen LogP) is 4.72. The summed E-state index contributed by atoms with van der Waals surface area (Å²) in [5.41, 5.74) is 1.99. The van der Waals surface area contributed by atoms with Crippen molar-refractivity contribution in [3.8, 4) is 5.75 Å². The van der Waals surface area contributed by atoms with Crippen molar-refractivity contribution in [1.82, 2.24) is 0 Å². The van der Waals surface area contributed by atoms with Crippen molar-refractivity contribution >= 4 is 11.8 Å². The van der Waals surface area contributed by atoms with E-state index < -0.39 is 6.05 Å². The summed E-state index contributed by atoms with van der Waals surface area (Å²) in [7, 11) is 1.56. The van der Waals surface area contributed by atoms with E-state index in [1.807, 2.05) is 13.0 Å². The molecule has 1 N–H and O–H groups in total. The minimum absolute atomic E-state index is 0.369. The number of nitrogens with one attached hydrogen (secondary N) is 1. The van der Waals surface area contributed by atoms with E-state index in [0.29, 0.717) is 17.0 Å². The molecule has 21 heavy (non-hydrogen) atoms. The van der Waals surface area contributed by atoms with Crippen LogP contribution in [0.4, 0.5) is 14.5 Å². The van der Waals surface area contributed by atoms with Crippen LogP contribution in [0.2, 0.25) is 0 Å². The standard InChI is InChI=1S/C17H17F2NO/c1-13-8-9-14(12-16(13)21-2)10-11-17(18,19)20-15-6-4-3-5-7-15/h3-12,20H,1-2H3/b11-10+. The van der Waals surface area contributed by atoms with Gasteiger partial charge in [0.1, 0.15) is 5.75 Å². The molecule has 2 rings (SSSR count). The van der Waals surface area contributed by atoms with Gasteiger partial charge in [-0.3, -0.25) is 0 Å². The highest BCUT2D eigenvalue weighted by Gasteiger charge is 2.24. The van der Waals surface area contributed by atoms with Crippen LogP contribution in [0.25, 0.3) is 6.08 Å². The zero-order chi connectivity index (χ0) is 15.3. The molecule has 2 aromatic carbocycles. The first-order valence-electron chi connectivity index (χ1n) is 6.55. The average Bonchev–Trinajstić information content (AvgIpc) is 2.47. The first-order chi connectivity index (χ1) is 10.00. The number of hydrogen-bond acceptors (Lipinski definition) is 2. The number of para-hydroxylation sites is 1. The molecule has 0 saturated heterocycles. The molecule has 0 unspecified atom stereocenters. The lowest BCUT2D eigenvalue weighted by Gasteiger charge is -2.15. The summed E-state index contributed by atoms with van der Waals surface area (Å²) in [6, 6.07) is 10.6. The van der Waals surface area contributed by atoms with Crippen LogP contribution in [-0.4, -0.2) is 13.2 Å². The fourth-order valence-electron chi connectivity index (χ4n) is 1.90. The molecule has 0 fully saturated rings. The van der Waals surface area contributed by atoms with Crippen LogP contribution in [0, 0.1) is 6.92 Å². The van der Waals surface area contributed by atoms with Gasteiger partial charge in [0.15, 0.2) is 0 Å². The summed E-state index contributed by atoms with van der Waals surface area (Å²) in [5, 5.41) is 2.18. The molecule has 0 aromatic heterocycles. The van der Waals surface area contributed by atoms with Gasteiger partial charge in [0.25, 0.3) is 0 Å². The molecule has 0 radical (unpaired) electrons. The van der Waals surface area contributed by atoms with Crippen LogP contribution in [0.1, 0.15) is 11.1 Å². The first kappa shape index (κ1) is 15.0. The Labute approximate surface area is 123 Å². The van der Waals surface area contributed by atoms with E-state index in [1.165, 1.54) is 6.08 Å². The zero-order valence-electron chi connectivity index (χ0n) is 11.9. The van der Waals surface area contributed by atoms with Gasteiger partial charge in [-0.1, -0.05) is 36.4 Å². The topological polar surface area (TPSA) is 21.3 Å². The Bertz CT molecular complexity index is 624. The fourth-order valence-corrected chi connectivity index (χ4v) is 1.90. The van der Waals surface area contributed by atoms with Crippen LogP contribution in [0.3, 0.4) is 0 Å². The summed E-state index contributed by atoms with van der Waals surface area (Å²) in [4.78, 5) is 0. The maximum absolute atomic E-state index is 13.8. The van der Waals surface area contributed by atoms with Gasteiger partial charge in [0, 0.05) is 11.8 Å². The highest BCUT2D eigenvalue weighted by Crippen LogP contribution is 2.23.